The molecular weight excluding hydrogens is 312 g/mol. The number of benzene rings is 1. The maximum absolute atomic E-state index is 12.6. The largest absolute Gasteiger partial charge is 0.378 e. The van der Waals surface area contributed by atoms with Crippen molar-refractivity contribution in [3.8, 4) is 0 Å². The standard InChI is InChI=1S/C21H34N2O2/c1-17(2)19-15-21(10-13-25-19,14-18-8-6-5-7-9-18)16-20(24)22-11-12-23(3)4/h5-9,17,19H,10-16H2,1-4H3,(H,22,24)/t19-,21-/m1/s1. The van der Waals surface area contributed by atoms with Gasteiger partial charge in [0.25, 0.3) is 0 Å². The molecule has 1 aliphatic rings. The molecule has 0 spiro atoms. The molecule has 140 valence electrons. The summed E-state index contributed by atoms with van der Waals surface area (Å²) in [6, 6.07) is 10.6. The van der Waals surface area contributed by atoms with Crippen molar-refractivity contribution >= 4 is 5.91 Å². The van der Waals surface area contributed by atoms with Crippen molar-refractivity contribution in [1.29, 1.82) is 0 Å². The highest BCUT2D eigenvalue weighted by Gasteiger charge is 2.39. The van der Waals surface area contributed by atoms with E-state index < -0.39 is 0 Å². The second kappa shape index (κ2) is 9.35. The fraction of sp³-hybridized carbons (Fsp3) is 0.667. The van der Waals surface area contributed by atoms with Gasteiger partial charge < -0.3 is 15.0 Å². The van der Waals surface area contributed by atoms with Gasteiger partial charge in [0, 0.05) is 26.1 Å². The van der Waals surface area contributed by atoms with Gasteiger partial charge in [0.05, 0.1) is 6.10 Å². The predicted octanol–water partition coefficient (Wildman–Crippen LogP) is 3.12. The van der Waals surface area contributed by atoms with Crippen LogP contribution in [0.3, 0.4) is 0 Å². The van der Waals surface area contributed by atoms with Crippen molar-refractivity contribution < 1.29 is 9.53 Å². The topological polar surface area (TPSA) is 41.6 Å². The van der Waals surface area contributed by atoms with Gasteiger partial charge in [-0.1, -0.05) is 44.2 Å². The highest BCUT2D eigenvalue weighted by molar-refractivity contribution is 5.76. The minimum Gasteiger partial charge on any atom is -0.378 e. The van der Waals surface area contributed by atoms with E-state index in [9.17, 15) is 4.79 Å². The molecular formula is C21H34N2O2. The van der Waals surface area contributed by atoms with Crippen LogP contribution in [0, 0.1) is 11.3 Å². The monoisotopic (exact) mass is 346 g/mol. The SMILES string of the molecule is CC(C)[C@H]1C[C@](CC(=O)NCCN(C)C)(Cc2ccccc2)CCO1. The van der Waals surface area contributed by atoms with Crippen molar-refractivity contribution in [2.24, 2.45) is 11.3 Å². The fourth-order valence-corrected chi connectivity index (χ4v) is 3.68. The lowest BCUT2D eigenvalue weighted by Crippen LogP contribution is -2.43. The number of nitrogens with zero attached hydrogens (tertiary/aromatic N) is 1. The van der Waals surface area contributed by atoms with Crippen LogP contribution in [0.5, 0.6) is 0 Å². The zero-order valence-corrected chi connectivity index (χ0v) is 16.3. The normalized spacial score (nSPS) is 23.8. The number of ether oxygens (including phenoxy) is 1. The Bertz CT molecular complexity index is 530. The first-order valence-electron chi connectivity index (χ1n) is 9.47. The molecule has 0 saturated carbocycles. The number of likely N-dealkylation sites (N-methyl/N-ethyl adjacent to an activating group) is 1. The van der Waals surface area contributed by atoms with Gasteiger partial charge in [-0.15, -0.1) is 0 Å². The first-order valence-corrected chi connectivity index (χ1v) is 9.47. The summed E-state index contributed by atoms with van der Waals surface area (Å²) in [5, 5.41) is 3.09. The summed E-state index contributed by atoms with van der Waals surface area (Å²) in [7, 11) is 4.05. The molecule has 1 heterocycles. The molecule has 1 aliphatic heterocycles. The van der Waals surface area contributed by atoms with Crippen LogP contribution >= 0.6 is 0 Å². The van der Waals surface area contributed by atoms with Crippen molar-refractivity contribution in [2.45, 2.75) is 45.6 Å². The summed E-state index contributed by atoms with van der Waals surface area (Å²) in [5.74, 6) is 0.648. The second-order valence-corrected chi connectivity index (χ2v) is 8.10. The molecule has 0 radical (unpaired) electrons. The lowest BCUT2D eigenvalue weighted by atomic mass is 9.69. The van der Waals surface area contributed by atoms with Crippen LogP contribution in [0.25, 0.3) is 0 Å². The second-order valence-electron chi connectivity index (χ2n) is 8.10. The van der Waals surface area contributed by atoms with E-state index in [0.717, 1.165) is 32.4 Å². The Morgan fingerprint density at radius 3 is 2.68 bits per heavy atom. The highest BCUT2D eigenvalue weighted by Crippen LogP contribution is 2.41. The number of carbonyl (C=O) groups is 1. The molecule has 0 aliphatic carbocycles. The van der Waals surface area contributed by atoms with Crippen molar-refractivity contribution in [3.63, 3.8) is 0 Å². The number of hydrogen-bond acceptors (Lipinski definition) is 3. The number of nitrogens with one attached hydrogen (secondary N) is 1. The molecule has 0 unspecified atom stereocenters. The Hall–Kier alpha value is -1.39. The van der Waals surface area contributed by atoms with Gasteiger partial charge in [0.15, 0.2) is 0 Å². The van der Waals surface area contributed by atoms with Crippen LogP contribution in [-0.4, -0.2) is 50.7 Å². The van der Waals surface area contributed by atoms with Crippen molar-refractivity contribution in [1.82, 2.24) is 10.2 Å². The Kier molecular flexibility index (Phi) is 7.45. The van der Waals surface area contributed by atoms with Gasteiger partial charge in [0.1, 0.15) is 0 Å². The van der Waals surface area contributed by atoms with Crippen LogP contribution in [-0.2, 0) is 16.0 Å². The molecule has 1 aromatic carbocycles. The summed E-state index contributed by atoms with van der Waals surface area (Å²) in [6.45, 7) is 6.74. The van der Waals surface area contributed by atoms with Gasteiger partial charge >= 0.3 is 0 Å². The van der Waals surface area contributed by atoms with Crippen LogP contribution in [0.1, 0.15) is 38.7 Å². The summed E-state index contributed by atoms with van der Waals surface area (Å²) < 4.78 is 5.99. The lowest BCUT2D eigenvalue weighted by Gasteiger charge is -2.42. The van der Waals surface area contributed by atoms with Crippen molar-refractivity contribution in [3.05, 3.63) is 35.9 Å². The molecule has 2 atom stereocenters. The minimum atomic E-state index is -0.00323. The van der Waals surface area contributed by atoms with E-state index in [2.05, 4.69) is 48.3 Å². The van der Waals surface area contributed by atoms with Gasteiger partial charge in [-0.25, -0.2) is 0 Å². The average molecular weight is 347 g/mol. The molecule has 1 amide bonds. The number of rotatable bonds is 8. The van der Waals surface area contributed by atoms with E-state index in [1.54, 1.807) is 0 Å². The first kappa shape index (κ1) is 19.9. The smallest absolute Gasteiger partial charge is 0.220 e. The van der Waals surface area contributed by atoms with Gasteiger partial charge in [-0.2, -0.15) is 0 Å². The first-order chi connectivity index (χ1) is 11.9. The Balaban J connectivity index is 2.07. The molecule has 1 aromatic rings. The molecule has 2 rings (SSSR count). The van der Waals surface area contributed by atoms with Crippen molar-refractivity contribution in [2.75, 3.05) is 33.8 Å². The van der Waals surface area contributed by atoms with Crippen LogP contribution in [0.2, 0.25) is 0 Å². The van der Waals surface area contributed by atoms with Gasteiger partial charge in [-0.3, -0.25) is 4.79 Å². The number of hydrogen-bond donors (Lipinski definition) is 1. The molecule has 0 aromatic heterocycles. The molecule has 1 saturated heterocycles. The fourth-order valence-electron chi connectivity index (χ4n) is 3.68. The Morgan fingerprint density at radius 1 is 1.32 bits per heavy atom. The maximum atomic E-state index is 12.6. The third-order valence-corrected chi connectivity index (χ3v) is 5.18. The minimum absolute atomic E-state index is 0.00323. The maximum Gasteiger partial charge on any atom is 0.220 e. The van der Waals surface area contributed by atoms with Crippen LogP contribution < -0.4 is 5.32 Å². The molecule has 25 heavy (non-hydrogen) atoms. The lowest BCUT2D eigenvalue weighted by molar-refractivity contribution is -0.128. The van der Waals surface area contributed by atoms with E-state index in [4.69, 9.17) is 4.74 Å². The Morgan fingerprint density at radius 2 is 2.04 bits per heavy atom. The van der Waals surface area contributed by atoms with E-state index in [1.165, 1.54) is 5.56 Å². The predicted molar refractivity (Wildman–Crippen MR) is 103 cm³/mol. The van der Waals surface area contributed by atoms with Crippen LogP contribution in [0.15, 0.2) is 30.3 Å². The van der Waals surface area contributed by atoms with E-state index in [-0.39, 0.29) is 17.4 Å². The third kappa shape index (κ3) is 6.44. The highest BCUT2D eigenvalue weighted by atomic mass is 16.5. The molecule has 0 bridgehead atoms. The number of carbonyl (C=O) groups excluding carboxylic acids is 1. The quantitative estimate of drug-likeness (QED) is 0.786. The number of amides is 1. The average Bonchev–Trinajstić information content (AvgIpc) is 2.55. The summed E-state index contributed by atoms with van der Waals surface area (Å²) in [6.07, 6.45) is 3.68. The third-order valence-electron chi connectivity index (χ3n) is 5.18. The molecule has 4 nitrogen and oxygen atoms in total. The zero-order chi connectivity index (χ0) is 18.3. The summed E-state index contributed by atoms with van der Waals surface area (Å²) in [4.78, 5) is 14.7. The van der Waals surface area contributed by atoms with E-state index >= 15 is 0 Å². The Labute approximate surface area is 152 Å². The summed E-state index contributed by atoms with van der Waals surface area (Å²) >= 11 is 0. The molecule has 1 fully saturated rings. The van der Waals surface area contributed by atoms with Gasteiger partial charge in [0.2, 0.25) is 5.91 Å². The summed E-state index contributed by atoms with van der Waals surface area (Å²) in [5.41, 5.74) is 1.31. The molecule has 1 N–H and O–H groups in total. The molecule has 4 heteroatoms. The van der Waals surface area contributed by atoms with Crippen LogP contribution in [0.4, 0.5) is 0 Å². The van der Waals surface area contributed by atoms with Gasteiger partial charge in [-0.05, 0) is 50.3 Å². The zero-order valence-electron chi connectivity index (χ0n) is 16.3. The van der Waals surface area contributed by atoms with E-state index in [0.29, 0.717) is 18.9 Å². The van der Waals surface area contributed by atoms with E-state index in [1.807, 2.05) is 20.2 Å².